The number of benzene rings is 1. The number of halogens is 1. The first kappa shape index (κ1) is 16.3. The Morgan fingerprint density at radius 3 is 2.96 bits per heavy atom. The van der Waals surface area contributed by atoms with Crippen LogP contribution in [-0.2, 0) is 4.74 Å². The van der Waals surface area contributed by atoms with E-state index in [-0.39, 0.29) is 12.7 Å². The van der Waals surface area contributed by atoms with E-state index in [2.05, 4.69) is 48.2 Å². The Bertz CT molecular complexity index is 867. The van der Waals surface area contributed by atoms with Gasteiger partial charge in [-0.2, -0.15) is 0 Å². The van der Waals surface area contributed by atoms with E-state index < -0.39 is 0 Å². The van der Waals surface area contributed by atoms with Crippen LogP contribution >= 0.6 is 15.9 Å². The van der Waals surface area contributed by atoms with Crippen molar-refractivity contribution in [3.8, 4) is 0 Å². The average Bonchev–Trinajstić information content (AvgIpc) is 3.11. The van der Waals surface area contributed by atoms with Gasteiger partial charge >= 0.3 is 0 Å². The molecule has 1 aromatic carbocycles. The van der Waals surface area contributed by atoms with Crippen LogP contribution in [0.1, 0.15) is 0 Å². The highest BCUT2D eigenvalue weighted by Gasteiger charge is 2.19. The van der Waals surface area contributed by atoms with Gasteiger partial charge in [0.15, 0.2) is 11.5 Å². The molecule has 1 aliphatic rings. The summed E-state index contributed by atoms with van der Waals surface area (Å²) >= 11 is 3.42. The predicted octanol–water partition coefficient (Wildman–Crippen LogP) is 2.43. The third-order valence-corrected chi connectivity index (χ3v) is 4.56. The van der Waals surface area contributed by atoms with Crippen LogP contribution in [0.15, 0.2) is 47.5 Å². The zero-order valence-corrected chi connectivity index (χ0v) is 15.1. The Morgan fingerprint density at radius 1 is 1.32 bits per heavy atom. The fourth-order valence-corrected chi connectivity index (χ4v) is 3.34. The van der Waals surface area contributed by atoms with Crippen LogP contribution < -0.4 is 10.2 Å². The summed E-state index contributed by atoms with van der Waals surface area (Å²) in [4.78, 5) is 11.0. The molecule has 4 rings (SSSR count). The fourth-order valence-electron chi connectivity index (χ4n) is 2.94. The van der Waals surface area contributed by atoms with Crippen molar-refractivity contribution < 1.29 is 9.84 Å². The third kappa shape index (κ3) is 3.46. The molecular formula is C17H18BrN5O2. The molecule has 0 radical (unpaired) electrons. The number of hydrogen-bond acceptors (Lipinski definition) is 6. The number of nitrogens with one attached hydrogen (secondary N) is 1. The molecule has 0 aliphatic carbocycles. The summed E-state index contributed by atoms with van der Waals surface area (Å²) in [6.07, 6.45) is 5.37. The Balaban J connectivity index is 1.53. The number of ether oxygens (including phenoxy) is 1. The molecule has 0 amide bonds. The maximum Gasteiger partial charge on any atom is 0.180 e. The number of morpholine rings is 1. The fraction of sp³-hybridized carbons (Fsp3) is 0.294. The lowest BCUT2D eigenvalue weighted by Crippen LogP contribution is -2.44. The van der Waals surface area contributed by atoms with Crippen LogP contribution in [0.4, 0.5) is 17.2 Å². The summed E-state index contributed by atoms with van der Waals surface area (Å²) in [5, 5.41) is 12.6. The molecule has 130 valence electrons. The number of rotatable bonds is 4. The van der Waals surface area contributed by atoms with Gasteiger partial charge in [0.25, 0.3) is 0 Å². The second kappa shape index (κ2) is 6.99. The largest absolute Gasteiger partial charge is 0.394 e. The van der Waals surface area contributed by atoms with Gasteiger partial charge in [0.2, 0.25) is 0 Å². The molecular weight excluding hydrogens is 386 g/mol. The molecule has 25 heavy (non-hydrogen) atoms. The van der Waals surface area contributed by atoms with Crippen LogP contribution in [0.25, 0.3) is 5.65 Å². The van der Waals surface area contributed by atoms with Crippen molar-refractivity contribution in [3.63, 3.8) is 0 Å². The number of fused-ring (bicyclic) bond motifs is 1. The first-order valence-electron chi connectivity index (χ1n) is 8.06. The van der Waals surface area contributed by atoms with Crippen LogP contribution in [-0.4, -0.2) is 51.9 Å². The van der Waals surface area contributed by atoms with Crippen molar-refractivity contribution >= 4 is 38.8 Å². The van der Waals surface area contributed by atoms with Gasteiger partial charge in [0.1, 0.15) is 4.60 Å². The quantitative estimate of drug-likeness (QED) is 0.696. The molecule has 0 unspecified atom stereocenters. The van der Waals surface area contributed by atoms with Crippen LogP contribution in [0.5, 0.6) is 0 Å². The zero-order chi connectivity index (χ0) is 17.2. The predicted molar refractivity (Wildman–Crippen MR) is 99.5 cm³/mol. The number of anilines is 3. The Kier molecular flexibility index (Phi) is 4.56. The summed E-state index contributed by atoms with van der Waals surface area (Å²) in [6, 6.07) is 8.15. The molecule has 0 saturated carbocycles. The van der Waals surface area contributed by atoms with Gasteiger partial charge in [-0.3, -0.25) is 0 Å². The monoisotopic (exact) mass is 403 g/mol. The highest BCUT2D eigenvalue weighted by Crippen LogP contribution is 2.24. The van der Waals surface area contributed by atoms with Crippen LogP contribution in [0, 0.1) is 0 Å². The molecule has 2 aromatic heterocycles. The van der Waals surface area contributed by atoms with Crippen LogP contribution in [0.2, 0.25) is 0 Å². The molecule has 1 aliphatic heterocycles. The van der Waals surface area contributed by atoms with E-state index in [4.69, 9.17) is 4.74 Å². The molecule has 0 bridgehead atoms. The smallest absolute Gasteiger partial charge is 0.180 e. The van der Waals surface area contributed by atoms with E-state index in [0.717, 1.165) is 28.2 Å². The van der Waals surface area contributed by atoms with Gasteiger partial charge in [-0.25, -0.2) is 9.97 Å². The van der Waals surface area contributed by atoms with Gasteiger partial charge < -0.3 is 24.5 Å². The van der Waals surface area contributed by atoms with Crippen molar-refractivity contribution in [2.24, 2.45) is 0 Å². The number of imidazole rings is 1. The number of aromatic nitrogens is 3. The molecule has 8 heteroatoms. The Morgan fingerprint density at radius 2 is 2.16 bits per heavy atom. The number of nitrogens with zero attached hydrogens (tertiary/aromatic N) is 4. The summed E-state index contributed by atoms with van der Waals surface area (Å²) in [5.41, 5.74) is 2.82. The van der Waals surface area contributed by atoms with Gasteiger partial charge in [-0.1, -0.05) is 0 Å². The third-order valence-electron chi connectivity index (χ3n) is 4.18. The normalized spacial score (nSPS) is 17.8. The lowest BCUT2D eigenvalue weighted by molar-refractivity contribution is 0.00357. The van der Waals surface area contributed by atoms with Gasteiger partial charge in [-0.15, -0.1) is 0 Å². The summed E-state index contributed by atoms with van der Waals surface area (Å²) in [6.45, 7) is 2.20. The standard InChI is InChI=1S/C17H18BrN5O2/c18-15-10-23-6-5-19-17(23)16(21-15)20-12-1-3-13(4-2-12)22-7-8-25-14(9-22)11-24/h1-6,10,14,24H,7-9,11H2,(H,20,21)/t14-/m1/s1. The summed E-state index contributed by atoms with van der Waals surface area (Å²) in [7, 11) is 0. The molecule has 3 aromatic rings. The number of hydrogen-bond donors (Lipinski definition) is 2. The lowest BCUT2D eigenvalue weighted by atomic mass is 10.2. The SMILES string of the molecule is OC[C@H]1CN(c2ccc(Nc3nc(Br)cn4ccnc34)cc2)CCO1. The maximum atomic E-state index is 9.27. The van der Waals surface area contributed by atoms with Gasteiger partial charge in [-0.05, 0) is 40.2 Å². The van der Waals surface area contributed by atoms with E-state index in [1.54, 1.807) is 6.20 Å². The van der Waals surface area contributed by atoms with Crippen molar-refractivity contribution in [1.29, 1.82) is 0 Å². The second-order valence-corrected chi connectivity index (χ2v) is 6.68. The minimum absolute atomic E-state index is 0.0466. The summed E-state index contributed by atoms with van der Waals surface area (Å²) in [5.74, 6) is 0.693. The zero-order valence-electron chi connectivity index (χ0n) is 13.5. The Labute approximate surface area is 153 Å². The lowest BCUT2D eigenvalue weighted by Gasteiger charge is -2.33. The number of aliphatic hydroxyl groups excluding tert-OH is 1. The number of aliphatic hydroxyl groups is 1. The highest BCUT2D eigenvalue weighted by molar-refractivity contribution is 9.10. The first-order chi connectivity index (χ1) is 12.2. The van der Waals surface area contributed by atoms with E-state index in [1.807, 2.05) is 28.9 Å². The van der Waals surface area contributed by atoms with E-state index in [9.17, 15) is 5.11 Å². The molecule has 3 heterocycles. The van der Waals surface area contributed by atoms with Crippen molar-refractivity contribution in [3.05, 3.63) is 47.5 Å². The van der Waals surface area contributed by atoms with Gasteiger partial charge in [0, 0.05) is 43.1 Å². The average molecular weight is 404 g/mol. The molecule has 1 saturated heterocycles. The molecule has 2 N–H and O–H groups in total. The van der Waals surface area contributed by atoms with Crippen molar-refractivity contribution in [1.82, 2.24) is 14.4 Å². The molecule has 1 atom stereocenters. The summed E-state index contributed by atoms with van der Waals surface area (Å²) < 4.78 is 8.15. The van der Waals surface area contributed by atoms with Crippen molar-refractivity contribution in [2.75, 3.05) is 36.5 Å². The maximum absolute atomic E-state index is 9.27. The second-order valence-electron chi connectivity index (χ2n) is 5.86. The molecule has 7 nitrogen and oxygen atoms in total. The highest BCUT2D eigenvalue weighted by atomic mass is 79.9. The minimum atomic E-state index is -0.119. The Hall–Kier alpha value is -2.16. The first-order valence-corrected chi connectivity index (χ1v) is 8.86. The van der Waals surface area contributed by atoms with E-state index >= 15 is 0 Å². The molecule has 0 spiro atoms. The van der Waals surface area contributed by atoms with E-state index in [1.165, 1.54) is 0 Å². The van der Waals surface area contributed by atoms with Crippen LogP contribution in [0.3, 0.4) is 0 Å². The topological polar surface area (TPSA) is 74.9 Å². The van der Waals surface area contributed by atoms with Gasteiger partial charge in [0.05, 0.1) is 19.3 Å². The minimum Gasteiger partial charge on any atom is -0.394 e. The molecule has 1 fully saturated rings. The van der Waals surface area contributed by atoms with E-state index in [0.29, 0.717) is 19.0 Å². The van der Waals surface area contributed by atoms with Crippen molar-refractivity contribution in [2.45, 2.75) is 6.10 Å².